The largest absolute Gasteiger partial charge is 0.302 e. The Balaban J connectivity index is 2.04. The van der Waals surface area contributed by atoms with E-state index in [9.17, 15) is 13.2 Å². The maximum absolute atomic E-state index is 13.7. The topological polar surface area (TPSA) is 70.6 Å². The maximum Gasteiger partial charge on any atom is 0.260 e. The van der Waals surface area contributed by atoms with Crippen molar-refractivity contribution in [2.24, 2.45) is 0 Å². The monoisotopic (exact) mass is 505 g/mol. The van der Waals surface area contributed by atoms with Crippen LogP contribution in [0.5, 0.6) is 0 Å². The number of fused-ring (bicyclic) bond motifs is 1. The lowest BCUT2D eigenvalue weighted by molar-refractivity contribution is 0.0983. The van der Waals surface area contributed by atoms with Crippen LogP contribution in [0.1, 0.15) is 38.1 Å². The summed E-state index contributed by atoms with van der Waals surface area (Å²) in [6, 6.07) is 12.8. The van der Waals surface area contributed by atoms with Crippen molar-refractivity contribution >= 4 is 54.2 Å². The predicted octanol–water partition coefficient (Wildman–Crippen LogP) is 5.19. The molecule has 33 heavy (non-hydrogen) atoms. The Morgan fingerprint density at radius 2 is 1.79 bits per heavy atom. The molecule has 6 nitrogen and oxygen atoms in total. The number of thioether (sulfide) groups is 1. The first-order chi connectivity index (χ1) is 15.6. The Morgan fingerprint density at radius 1 is 1.09 bits per heavy atom. The zero-order valence-electron chi connectivity index (χ0n) is 19.7. The van der Waals surface area contributed by atoms with E-state index in [2.05, 4.69) is 37.6 Å². The number of para-hydroxylation sites is 1. The summed E-state index contributed by atoms with van der Waals surface area (Å²) in [6.45, 7) is 11.4. The van der Waals surface area contributed by atoms with E-state index in [0.717, 1.165) is 22.7 Å². The van der Waals surface area contributed by atoms with E-state index in [-0.39, 0.29) is 10.8 Å². The number of thiazole rings is 1. The van der Waals surface area contributed by atoms with Gasteiger partial charge in [0.25, 0.3) is 5.91 Å². The molecule has 1 amide bonds. The summed E-state index contributed by atoms with van der Waals surface area (Å²) < 4.78 is 25.3. The first kappa shape index (κ1) is 25.7. The molecule has 0 fully saturated rings. The molecule has 0 saturated carbocycles. The fourth-order valence-corrected chi connectivity index (χ4v) is 6.33. The first-order valence-corrected chi connectivity index (χ1v) is 14.6. The number of hydrogen-bond acceptors (Lipinski definition) is 7. The quantitative estimate of drug-likeness (QED) is 0.353. The lowest BCUT2D eigenvalue weighted by Gasteiger charge is -2.25. The van der Waals surface area contributed by atoms with Crippen LogP contribution in [-0.2, 0) is 9.84 Å². The molecule has 3 rings (SSSR count). The number of amides is 1. The molecule has 0 aliphatic heterocycles. The normalized spacial score (nSPS) is 12.1. The molecule has 0 saturated heterocycles. The minimum absolute atomic E-state index is 0.131. The van der Waals surface area contributed by atoms with Crippen LogP contribution >= 0.6 is 23.1 Å². The summed E-state index contributed by atoms with van der Waals surface area (Å²) >= 11 is 3.06. The lowest BCUT2D eigenvalue weighted by Crippen LogP contribution is -2.38. The predicted molar refractivity (Wildman–Crippen MR) is 140 cm³/mol. The molecule has 0 N–H and O–H groups in total. The van der Waals surface area contributed by atoms with Gasteiger partial charge in [0.1, 0.15) is 5.52 Å². The number of likely N-dealkylation sites (N-methyl/N-ethyl adjacent to an activating group) is 1. The van der Waals surface area contributed by atoms with E-state index in [1.165, 1.54) is 17.6 Å². The van der Waals surface area contributed by atoms with Crippen LogP contribution in [0, 0.1) is 0 Å². The van der Waals surface area contributed by atoms with Gasteiger partial charge in [-0.05, 0) is 43.4 Å². The summed E-state index contributed by atoms with van der Waals surface area (Å²) in [5.74, 6) is -0.131. The van der Waals surface area contributed by atoms with Crippen LogP contribution in [-0.4, -0.2) is 61.9 Å². The van der Waals surface area contributed by atoms with E-state index in [1.807, 2.05) is 30.3 Å². The van der Waals surface area contributed by atoms with Crippen molar-refractivity contribution in [3.05, 3.63) is 48.0 Å². The average Bonchev–Trinajstić information content (AvgIpc) is 3.19. The van der Waals surface area contributed by atoms with Gasteiger partial charge >= 0.3 is 0 Å². The molecular weight excluding hydrogens is 474 g/mol. The summed E-state index contributed by atoms with van der Waals surface area (Å²) in [4.78, 5) is 23.5. The lowest BCUT2D eigenvalue weighted by atomic mass is 10.2. The molecule has 0 aliphatic rings. The second-order valence-electron chi connectivity index (χ2n) is 8.05. The standard InChI is InChI=1S/C24H31N3O3S3/c1-6-26(7-2)14-15-27(23(28)18-10-8-11-19(16-18)31-17(3)4)24-25-22-20(32-24)12-9-13-21(22)33(5,29)30/h8-13,16-17H,6-7,14-15H2,1-5H3. The Kier molecular flexibility index (Phi) is 8.55. The van der Waals surface area contributed by atoms with Crippen molar-refractivity contribution in [2.45, 2.75) is 42.7 Å². The van der Waals surface area contributed by atoms with Gasteiger partial charge in [-0.15, -0.1) is 11.8 Å². The minimum atomic E-state index is -3.44. The molecule has 0 bridgehead atoms. The van der Waals surface area contributed by atoms with Gasteiger partial charge in [-0.1, -0.05) is 51.2 Å². The Bertz CT molecular complexity index is 1220. The summed E-state index contributed by atoms with van der Waals surface area (Å²) in [7, 11) is -3.44. The highest BCUT2D eigenvalue weighted by Crippen LogP contribution is 2.33. The third kappa shape index (κ3) is 6.35. The SMILES string of the molecule is CCN(CC)CCN(C(=O)c1cccc(SC(C)C)c1)c1nc2c(S(C)(=O)=O)cccc2s1. The first-order valence-electron chi connectivity index (χ1n) is 11.0. The highest BCUT2D eigenvalue weighted by molar-refractivity contribution is 7.99. The highest BCUT2D eigenvalue weighted by atomic mass is 32.2. The molecular formula is C24H31N3O3S3. The van der Waals surface area contributed by atoms with E-state index in [0.29, 0.717) is 34.6 Å². The molecule has 0 unspecified atom stereocenters. The van der Waals surface area contributed by atoms with Crippen molar-refractivity contribution in [2.75, 3.05) is 37.3 Å². The van der Waals surface area contributed by atoms with Gasteiger partial charge in [-0.3, -0.25) is 9.69 Å². The zero-order chi connectivity index (χ0) is 24.2. The van der Waals surface area contributed by atoms with E-state index >= 15 is 0 Å². The molecule has 0 radical (unpaired) electrons. The third-order valence-electron chi connectivity index (χ3n) is 5.23. The number of aromatic nitrogens is 1. The van der Waals surface area contributed by atoms with Crippen molar-refractivity contribution in [3.8, 4) is 0 Å². The molecule has 1 aromatic heterocycles. The number of benzene rings is 2. The Morgan fingerprint density at radius 3 is 2.42 bits per heavy atom. The Labute approximate surface area is 204 Å². The number of sulfone groups is 1. The molecule has 0 spiro atoms. The minimum Gasteiger partial charge on any atom is -0.302 e. The number of anilines is 1. The molecule has 3 aromatic rings. The van der Waals surface area contributed by atoms with Gasteiger partial charge in [0.05, 0.1) is 9.60 Å². The number of hydrogen-bond donors (Lipinski definition) is 0. The number of carbonyl (C=O) groups is 1. The second kappa shape index (κ2) is 11.0. The van der Waals surface area contributed by atoms with Crippen molar-refractivity contribution in [3.63, 3.8) is 0 Å². The zero-order valence-corrected chi connectivity index (χ0v) is 22.2. The van der Waals surface area contributed by atoms with Crippen molar-refractivity contribution in [1.29, 1.82) is 0 Å². The van der Waals surface area contributed by atoms with Gasteiger partial charge in [0.15, 0.2) is 15.0 Å². The summed E-state index contributed by atoms with van der Waals surface area (Å²) in [5.41, 5.74) is 1.02. The van der Waals surface area contributed by atoms with Gasteiger partial charge in [0.2, 0.25) is 0 Å². The molecule has 0 aliphatic carbocycles. The summed E-state index contributed by atoms with van der Waals surface area (Å²) in [6.07, 6.45) is 1.18. The molecule has 9 heteroatoms. The van der Waals surface area contributed by atoms with Gasteiger partial charge in [-0.2, -0.15) is 0 Å². The van der Waals surface area contributed by atoms with Crippen LogP contribution in [0.25, 0.3) is 10.2 Å². The summed E-state index contributed by atoms with van der Waals surface area (Å²) in [5, 5.41) is 0.924. The third-order valence-corrected chi connectivity index (χ3v) is 8.40. The fourth-order valence-electron chi connectivity index (χ4n) is 3.52. The van der Waals surface area contributed by atoms with Gasteiger partial charge in [-0.25, -0.2) is 13.4 Å². The smallest absolute Gasteiger partial charge is 0.260 e. The van der Waals surface area contributed by atoms with Crippen LogP contribution in [0.15, 0.2) is 52.3 Å². The molecule has 0 atom stereocenters. The molecule has 178 valence electrons. The van der Waals surface area contributed by atoms with Crippen LogP contribution < -0.4 is 4.90 Å². The van der Waals surface area contributed by atoms with E-state index in [1.54, 1.807) is 28.8 Å². The van der Waals surface area contributed by atoms with E-state index in [4.69, 9.17) is 0 Å². The van der Waals surface area contributed by atoms with Crippen molar-refractivity contribution in [1.82, 2.24) is 9.88 Å². The molecule has 1 heterocycles. The van der Waals surface area contributed by atoms with Gasteiger partial charge in [0, 0.05) is 35.1 Å². The Hall–Kier alpha value is -1.94. The number of rotatable bonds is 10. The molecule has 2 aromatic carbocycles. The van der Waals surface area contributed by atoms with Crippen molar-refractivity contribution < 1.29 is 13.2 Å². The van der Waals surface area contributed by atoms with Crippen LogP contribution in [0.4, 0.5) is 5.13 Å². The van der Waals surface area contributed by atoms with Crippen LogP contribution in [0.2, 0.25) is 0 Å². The van der Waals surface area contributed by atoms with E-state index < -0.39 is 9.84 Å². The fraction of sp³-hybridized carbons (Fsp3) is 0.417. The van der Waals surface area contributed by atoms with Crippen LogP contribution in [0.3, 0.4) is 0 Å². The highest BCUT2D eigenvalue weighted by Gasteiger charge is 2.24. The second-order valence-corrected chi connectivity index (χ2v) is 12.7. The number of carbonyl (C=O) groups excluding carboxylic acids is 1. The van der Waals surface area contributed by atoms with Gasteiger partial charge < -0.3 is 4.90 Å². The average molecular weight is 506 g/mol. The number of nitrogens with zero attached hydrogens (tertiary/aromatic N) is 3. The maximum atomic E-state index is 13.7.